The Morgan fingerprint density at radius 2 is 2.04 bits per heavy atom. The third kappa shape index (κ3) is 4.45. The summed E-state index contributed by atoms with van der Waals surface area (Å²) in [5.74, 6) is 0.262. The molecule has 6 heteroatoms. The van der Waals surface area contributed by atoms with Crippen molar-refractivity contribution in [3.8, 4) is 5.75 Å². The molecule has 0 aromatic heterocycles. The minimum atomic E-state index is -0.295. The predicted molar refractivity (Wildman–Crippen MR) is 110 cm³/mol. The van der Waals surface area contributed by atoms with Crippen LogP contribution in [-0.4, -0.2) is 18.1 Å². The number of benzene rings is 2. The topological polar surface area (TPSA) is 50.4 Å². The van der Waals surface area contributed by atoms with E-state index >= 15 is 0 Å². The van der Waals surface area contributed by atoms with E-state index in [4.69, 9.17) is 17.0 Å². The Morgan fingerprint density at radius 3 is 2.71 bits per heavy atom. The molecule has 2 N–H and O–H groups in total. The molecular formula is C18H19IN2O2S. The van der Waals surface area contributed by atoms with Crippen LogP contribution in [0.25, 0.3) is 0 Å². The highest BCUT2D eigenvalue weighted by Gasteiger charge is 2.15. The molecule has 0 fully saturated rings. The van der Waals surface area contributed by atoms with Crippen LogP contribution >= 0.6 is 34.8 Å². The zero-order chi connectivity index (χ0) is 17.7. The van der Waals surface area contributed by atoms with Crippen LogP contribution < -0.4 is 15.4 Å². The summed E-state index contributed by atoms with van der Waals surface area (Å²) in [6.45, 7) is 3.97. The van der Waals surface area contributed by atoms with Gasteiger partial charge >= 0.3 is 0 Å². The summed E-state index contributed by atoms with van der Waals surface area (Å²) in [6.07, 6.45) is 0.876. The van der Waals surface area contributed by atoms with E-state index in [1.165, 1.54) is 0 Å². The first-order valence-corrected chi connectivity index (χ1v) is 8.99. The van der Waals surface area contributed by atoms with Crippen LogP contribution in [0.2, 0.25) is 0 Å². The average Bonchev–Trinajstić information content (AvgIpc) is 2.56. The Hall–Kier alpha value is -1.67. The second-order valence-corrected chi connectivity index (χ2v) is 6.87. The quantitative estimate of drug-likeness (QED) is 0.535. The zero-order valence-corrected chi connectivity index (χ0v) is 16.7. The van der Waals surface area contributed by atoms with Gasteiger partial charge in [-0.05, 0) is 83.5 Å². The van der Waals surface area contributed by atoms with Crippen molar-refractivity contribution >= 4 is 51.5 Å². The number of hydrogen-bond acceptors (Lipinski definition) is 3. The van der Waals surface area contributed by atoms with Gasteiger partial charge in [0.05, 0.1) is 12.7 Å². The fourth-order valence-corrected chi connectivity index (χ4v) is 3.16. The number of aryl methyl sites for hydroxylation is 2. The molecule has 2 aromatic rings. The lowest BCUT2D eigenvalue weighted by atomic mass is 10.1. The molecule has 0 aliphatic carbocycles. The third-order valence-corrected chi connectivity index (χ3v) is 4.46. The van der Waals surface area contributed by atoms with E-state index in [1.54, 1.807) is 13.2 Å². The SMILES string of the molecule is CCc1cc(I)ccc1NC(=S)NC(=O)c1cccc(C)c1OC. The standard InChI is InChI=1S/C18H19IN2O2S/c1-4-12-10-13(19)8-9-15(12)20-18(24)21-17(22)14-7-5-6-11(2)16(14)23-3/h5-10H,4H2,1-3H3,(H2,20,21,22,24). The summed E-state index contributed by atoms with van der Waals surface area (Å²) >= 11 is 7.55. The molecule has 24 heavy (non-hydrogen) atoms. The highest BCUT2D eigenvalue weighted by atomic mass is 127. The highest BCUT2D eigenvalue weighted by molar-refractivity contribution is 14.1. The Morgan fingerprint density at radius 1 is 1.29 bits per heavy atom. The summed E-state index contributed by atoms with van der Waals surface area (Å²) in [5, 5.41) is 6.07. The molecule has 0 aliphatic heterocycles. The molecule has 2 rings (SSSR count). The molecule has 0 bridgehead atoms. The molecule has 4 nitrogen and oxygen atoms in total. The lowest BCUT2D eigenvalue weighted by molar-refractivity contribution is 0.0974. The summed E-state index contributed by atoms with van der Waals surface area (Å²) in [7, 11) is 1.55. The highest BCUT2D eigenvalue weighted by Crippen LogP contribution is 2.23. The first-order valence-electron chi connectivity index (χ1n) is 7.50. The summed E-state index contributed by atoms with van der Waals surface area (Å²) in [6, 6.07) is 11.5. The van der Waals surface area contributed by atoms with E-state index in [2.05, 4.69) is 46.2 Å². The molecule has 0 saturated carbocycles. The van der Waals surface area contributed by atoms with E-state index in [-0.39, 0.29) is 11.0 Å². The molecule has 0 heterocycles. The predicted octanol–water partition coefficient (Wildman–Crippen LogP) is 4.30. The van der Waals surface area contributed by atoms with Gasteiger partial charge in [0, 0.05) is 9.26 Å². The van der Waals surface area contributed by atoms with Crippen molar-refractivity contribution in [3.63, 3.8) is 0 Å². The second-order valence-electron chi connectivity index (χ2n) is 5.22. The fraction of sp³-hybridized carbons (Fsp3) is 0.222. The van der Waals surface area contributed by atoms with Crippen LogP contribution in [-0.2, 0) is 6.42 Å². The van der Waals surface area contributed by atoms with Crippen molar-refractivity contribution in [1.29, 1.82) is 0 Å². The fourth-order valence-electron chi connectivity index (χ4n) is 2.40. The van der Waals surface area contributed by atoms with Crippen LogP contribution in [0.3, 0.4) is 0 Å². The maximum atomic E-state index is 12.5. The number of carbonyl (C=O) groups excluding carboxylic acids is 1. The van der Waals surface area contributed by atoms with E-state index in [0.29, 0.717) is 11.3 Å². The first kappa shape index (κ1) is 18.7. The van der Waals surface area contributed by atoms with Crippen LogP contribution in [0.15, 0.2) is 36.4 Å². The largest absolute Gasteiger partial charge is 0.496 e. The van der Waals surface area contributed by atoms with Crippen LogP contribution in [0.1, 0.15) is 28.4 Å². The van der Waals surface area contributed by atoms with Crippen LogP contribution in [0.5, 0.6) is 5.75 Å². The van der Waals surface area contributed by atoms with Crippen molar-refractivity contribution in [2.75, 3.05) is 12.4 Å². The minimum Gasteiger partial charge on any atom is -0.496 e. The Labute approximate surface area is 161 Å². The Kier molecular flexibility index (Phi) is 6.56. The summed E-state index contributed by atoms with van der Waals surface area (Å²) in [5.41, 5.74) is 3.40. The third-order valence-electron chi connectivity index (χ3n) is 3.58. The molecule has 0 spiro atoms. The van der Waals surface area contributed by atoms with Crippen molar-refractivity contribution in [2.24, 2.45) is 0 Å². The molecule has 0 unspecified atom stereocenters. The van der Waals surface area contributed by atoms with Gasteiger partial charge in [0.25, 0.3) is 5.91 Å². The van der Waals surface area contributed by atoms with E-state index in [0.717, 1.165) is 26.8 Å². The number of para-hydroxylation sites is 1. The summed E-state index contributed by atoms with van der Waals surface area (Å²) < 4.78 is 6.48. The number of carbonyl (C=O) groups is 1. The number of thiocarbonyl (C=S) groups is 1. The number of rotatable bonds is 4. The number of methoxy groups -OCH3 is 1. The Bertz CT molecular complexity index is 778. The number of anilines is 1. The van der Waals surface area contributed by atoms with Crippen molar-refractivity contribution in [3.05, 3.63) is 56.7 Å². The number of amides is 1. The van der Waals surface area contributed by atoms with Crippen molar-refractivity contribution in [2.45, 2.75) is 20.3 Å². The van der Waals surface area contributed by atoms with Crippen molar-refractivity contribution < 1.29 is 9.53 Å². The van der Waals surface area contributed by atoms with Crippen molar-refractivity contribution in [1.82, 2.24) is 5.32 Å². The van der Waals surface area contributed by atoms with Gasteiger partial charge in [0.15, 0.2) is 5.11 Å². The maximum absolute atomic E-state index is 12.5. The second kappa shape index (κ2) is 8.43. The molecule has 0 atom stereocenters. The van der Waals surface area contributed by atoms with Gasteiger partial charge in [-0.15, -0.1) is 0 Å². The van der Waals surface area contributed by atoms with E-state index < -0.39 is 0 Å². The van der Waals surface area contributed by atoms with E-state index in [1.807, 2.05) is 31.2 Å². The molecular weight excluding hydrogens is 435 g/mol. The maximum Gasteiger partial charge on any atom is 0.261 e. The molecule has 1 amide bonds. The lowest BCUT2D eigenvalue weighted by Crippen LogP contribution is -2.34. The number of halogens is 1. The van der Waals surface area contributed by atoms with Gasteiger partial charge in [-0.1, -0.05) is 19.1 Å². The minimum absolute atomic E-state index is 0.263. The zero-order valence-electron chi connectivity index (χ0n) is 13.8. The van der Waals surface area contributed by atoms with Gasteiger partial charge in [-0.2, -0.15) is 0 Å². The van der Waals surface area contributed by atoms with Crippen LogP contribution in [0, 0.1) is 10.5 Å². The van der Waals surface area contributed by atoms with Gasteiger partial charge in [-0.3, -0.25) is 10.1 Å². The number of nitrogens with one attached hydrogen (secondary N) is 2. The Balaban J connectivity index is 2.13. The molecule has 0 aliphatic rings. The summed E-state index contributed by atoms with van der Waals surface area (Å²) in [4.78, 5) is 12.5. The first-order chi connectivity index (χ1) is 11.5. The normalized spacial score (nSPS) is 10.2. The van der Waals surface area contributed by atoms with Gasteiger partial charge in [0.1, 0.15) is 5.75 Å². The van der Waals surface area contributed by atoms with Gasteiger partial charge in [-0.25, -0.2) is 0 Å². The average molecular weight is 454 g/mol. The monoisotopic (exact) mass is 454 g/mol. The number of hydrogen-bond donors (Lipinski definition) is 2. The molecule has 126 valence electrons. The smallest absolute Gasteiger partial charge is 0.261 e. The van der Waals surface area contributed by atoms with E-state index in [9.17, 15) is 4.79 Å². The molecule has 2 aromatic carbocycles. The van der Waals surface area contributed by atoms with Gasteiger partial charge in [0.2, 0.25) is 0 Å². The lowest BCUT2D eigenvalue weighted by Gasteiger charge is -2.15. The van der Waals surface area contributed by atoms with Crippen LogP contribution in [0.4, 0.5) is 5.69 Å². The number of ether oxygens (including phenoxy) is 1. The van der Waals surface area contributed by atoms with Gasteiger partial charge < -0.3 is 10.1 Å². The molecule has 0 saturated heterocycles. The molecule has 0 radical (unpaired) electrons.